The van der Waals surface area contributed by atoms with Gasteiger partial charge in [0.2, 0.25) is 5.91 Å². The van der Waals surface area contributed by atoms with Gasteiger partial charge in [-0.2, -0.15) is 0 Å². The average Bonchev–Trinajstić information content (AvgIpc) is 2.22. The first-order chi connectivity index (χ1) is 6.61. The first-order valence-corrected chi connectivity index (χ1v) is 5.26. The minimum atomic E-state index is -0.384. The first-order valence-electron chi connectivity index (χ1n) is 5.26. The predicted octanol–water partition coefficient (Wildman–Crippen LogP) is 0.248. The van der Waals surface area contributed by atoms with E-state index < -0.39 is 0 Å². The fourth-order valence-electron chi connectivity index (χ4n) is 1.07. The molecule has 0 spiro atoms. The van der Waals surface area contributed by atoms with Gasteiger partial charge < -0.3 is 16.2 Å². The van der Waals surface area contributed by atoms with E-state index in [-0.39, 0.29) is 18.6 Å². The highest BCUT2D eigenvalue weighted by molar-refractivity contribution is 5.81. The van der Waals surface area contributed by atoms with E-state index in [4.69, 9.17) is 10.8 Å². The second-order valence-corrected chi connectivity index (χ2v) is 3.74. The molecule has 0 saturated heterocycles. The SMILES string of the molecule is CCC(N)C(=O)NCCCC(C)CO. The van der Waals surface area contributed by atoms with Crippen molar-refractivity contribution in [1.29, 1.82) is 0 Å². The Morgan fingerprint density at radius 2 is 2.21 bits per heavy atom. The maximum Gasteiger partial charge on any atom is 0.236 e. The molecule has 4 heteroatoms. The monoisotopic (exact) mass is 202 g/mol. The van der Waals surface area contributed by atoms with Crippen molar-refractivity contribution in [2.24, 2.45) is 11.7 Å². The number of amides is 1. The van der Waals surface area contributed by atoms with Gasteiger partial charge in [0.1, 0.15) is 0 Å². The molecule has 0 aliphatic rings. The second kappa shape index (κ2) is 7.76. The first kappa shape index (κ1) is 13.4. The molecule has 0 rings (SSSR count). The molecule has 0 aromatic heterocycles. The molecule has 0 fully saturated rings. The second-order valence-electron chi connectivity index (χ2n) is 3.74. The summed E-state index contributed by atoms with van der Waals surface area (Å²) < 4.78 is 0. The highest BCUT2D eigenvalue weighted by atomic mass is 16.3. The summed E-state index contributed by atoms with van der Waals surface area (Å²) in [6.45, 7) is 4.73. The normalized spacial score (nSPS) is 14.9. The summed E-state index contributed by atoms with van der Waals surface area (Å²) in [6.07, 6.45) is 2.49. The molecular weight excluding hydrogens is 180 g/mol. The molecule has 1 amide bonds. The molecule has 2 unspecified atom stereocenters. The summed E-state index contributed by atoms with van der Waals surface area (Å²) in [4.78, 5) is 11.2. The fourth-order valence-corrected chi connectivity index (χ4v) is 1.07. The van der Waals surface area contributed by atoms with Gasteiger partial charge in [0.05, 0.1) is 6.04 Å². The van der Waals surface area contributed by atoms with E-state index in [0.29, 0.717) is 18.9 Å². The van der Waals surface area contributed by atoms with Gasteiger partial charge in [0, 0.05) is 13.2 Å². The van der Waals surface area contributed by atoms with Gasteiger partial charge in [-0.25, -0.2) is 0 Å². The standard InChI is InChI=1S/C10H22N2O2/c1-3-9(11)10(14)12-6-4-5-8(2)7-13/h8-9,13H,3-7,11H2,1-2H3,(H,12,14). The molecule has 0 radical (unpaired) electrons. The zero-order valence-corrected chi connectivity index (χ0v) is 9.12. The third kappa shape index (κ3) is 5.94. The molecule has 0 aliphatic heterocycles. The molecule has 0 aromatic rings. The van der Waals surface area contributed by atoms with Crippen molar-refractivity contribution in [2.75, 3.05) is 13.2 Å². The zero-order valence-electron chi connectivity index (χ0n) is 9.12. The molecule has 0 aliphatic carbocycles. The number of nitrogens with one attached hydrogen (secondary N) is 1. The Hall–Kier alpha value is -0.610. The Morgan fingerprint density at radius 1 is 1.57 bits per heavy atom. The number of carbonyl (C=O) groups is 1. The van der Waals surface area contributed by atoms with E-state index in [2.05, 4.69) is 5.32 Å². The van der Waals surface area contributed by atoms with Crippen LogP contribution < -0.4 is 11.1 Å². The number of rotatable bonds is 7. The molecule has 0 saturated carbocycles. The molecule has 84 valence electrons. The summed E-state index contributed by atoms with van der Waals surface area (Å²) in [7, 11) is 0. The van der Waals surface area contributed by atoms with Crippen LogP contribution >= 0.6 is 0 Å². The number of aliphatic hydroxyl groups is 1. The number of aliphatic hydroxyl groups excluding tert-OH is 1. The zero-order chi connectivity index (χ0) is 11.0. The minimum Gasteiger partial charge on any atom is -0.396 e. The lowest BCUT2D eigenvalue weighted by atomic mass is 10.1. The van der Waals surface area contributed by atoms with Crippen LogP contribution in [0.15, 0.2) is 0 Å². The Balaban J connectivity index is 3.40. The molecule has 14 heavy (non-hydrogen) atoms. The van der Waals surface area contributed by atoms with Gasteiger partial charge in [-0.3, -0.25) is 4.79 Å². The smallest absolute Gasteiger partial charge is 0.236 e. The maximum atomic E-state index is 11.2. The quantitative estimate of drug-likeness (QED) is 0.518. The van der Waals surface area contributed by atoms with Crippen molar-refractivity contribution in [2.45, 2.75) is 39.2 Å². The van der Waals surface area contributed by atoms with Crippen LogP contribution in [0.1, 0.15) is 33.1 Å². The van der Waals surface area contributed by atoms with Gasteiger partial charge in [0.25, 0.3) is 0 Å². The third-order valence-corrected chi connectivity index (χ3v) is 2.26. The van der Waals surface area contributed by atoms with Crippen LogP contribution in [0, 0.1) is 5.92 Å². The van der Waals surface area contributed by atoms with E-state index in [9.17, 15) is 4.79 Å². The van der Waals surface area contributed by atoms with Crippen molar-refractivity contribution < 1.29 is 9.90 Å². The Bertz CT molecular complexity index is 162. The van der Waals surface area contributed by atoms with E-state index >= 15 is 0 Å². The lowest BCUT2D eigenvalue weighted by Gasteiger charge is -2.11. The minimum absolute atomic E-state index is 0.0795. The topological polar surface area (TPSA) is 75.4 Å². The highest BCUT2D eigenvalue weighted by Crippen LogP contribution is 2.02. The van der Waals surface area contributed by atoms with Crippen LogP contribution in [0.3, 0.4) is 0 Å². The van der Waals surface area contributed by atoms with Crippen LogP contribution in [-0.4, -0.2) is 30.2 Å². The largest absolute Gasteiger partial charge is 0.396 e. The lowest BCUT2D eigenvalue weighted by Crippen LogP contribution is -2.40. The summed E-state index contributed by atoms with van der Waals surface area (Å²) in [5.74, 6) is 0.232. The van der Waals surface area contributed by atoms with Crippen molar-refractivity contribution >= 4 is 5.91 Å². The number of hydrogen-bond donors (Lipinski definition) is 3. The molecule has 4 nitrogen and oxygen atoms in total. The maximum absolute atomic E-state index is 11.2. The Morgan fingerprint density at radius 3 is 2.71 bits per heavy atom. The fraction of sp³-hybridized carbons (Fsp3) is 0.900. The van der Waals surface area contributed by atoms with E-state index in [1.54, 1.807) is 0 Å². The molecular formula is C10H22N2O2. The summed E-state index contributed by atoms with van der Waals surface area (Å²) in [5.41, 5.74) is 5.53. The number of nitrogens with two attached hydrogens (primary N) is 1. The van der Waals surface area contributed by atoms with Crippen LogP contribution in [0.25, 0.3) is 0 Å². The van der Waals surface area contributed by atoms with Gasteiger partial charge >= 0.3 is 0 Å². The molecule has 4 N–H and O–H groups in total. The third-order valence-electron chi connectivity index (χ3n) is 2.26. The van der Waals surface area contributed by atoms with Crippen LogP contribution in [0.5, 0.6) is 0 Å². The van der Waals surface area contributed by atoms with Gasteiger partial charge in [-0.05, 0) is 25.2 Å². The van der Waals surface area contributed by atoms with Crippen LogP contribution in [0.4, 0.5) is 0 Å². The molecule has 0 aromatic carbocycles. The molecule has 0 bridgehead atoms. The van der Waals surface area contributed by atoms with Crippen molar-refractivity contribution in [3.8, 4) is 0 Å². The Labute approximate surface area is 85.9 Å². The number of hydrogen-bond acceptors (Lipinski definition) is 3. The van der Waals surface area contributed by atoms with Gasteiger partial charge in [-0.1, -0.05) is 13.8 Å². The van der Waals surface area contributed by atoms with Crippen molar-refractivity contribution in [1.82, 2.24) is 5.32 Å². The Kier molecular flexibility index (Phi) is 7.42. The van der Waals surface area contributed by atoms with Crippen LogP contribution in [-0.2, 0) is 4.79 Å². The predicted molar refractivity (Wildman–Crippen MR) is 56.8 cm³/mol. The highest BCUT2D eigenvalue weighted by Gasteiger charge is 2.09. The van der Waals surface area contributed by atoms with Crippen molar-refractivity contribution in [3.63, 3.8) is 0 Å². The number of carbonyl (C=O) groups excluding carboxylic acids is 1. The van der Waals surface area contributed by atoms with Gasteiger partial charge in [0.15, 0.2) is 0 Å². The van der Waals surface area contributed by atoms with Crippen molar-refractivity contribution in [3.05, 3.63) is 0 Å². The van der Waals surface area contributed by atoms with E-state index in [0.717, 1.165) is 12.8 Å². The van der Waals surface area contributed by atoms with Crippen LogP contribution in [0.2, 0.25) is 0 Å². The summed E-state index contributed by atoms with van der Waals surface area (Å²) in [5, 5.41) is 11.5. The lowest BCUT2D eigenvalue weighted by molar-refractivity contribution is -0.122. The van der Waals surface area contributed by atoms with Gasteiger partial charge in [-0.15, -0.1) is 0 Å². The van der Waals surface area contributed by atoms with E-state index in [1.165, 1.54) is 0 Å². The average molecular weight is 202 g/mol. The van der Waals surface area contributed by atoms with E-state index in [1.807, 2.05) is 13.8 Å². The molecule has 0 heterocycles. The summed E-state index contributed by atoms with van der Waals surface area (Å²) >= 11 is 0. The summed E-state index contributed by atoms with van der Waals surface area (Å²) in [6, 6.07) is -0.384. The molecule has 2 atom stereocenters.